The zero-order valence-electron chi connectivity index (χ0n) is 11.0. The highest BCUT2D eigenvalue weighted by Gasteiger charge is 2.21. The lowest BCUT2D eigenvalue weighted by molar-refractivity contribution is 0.302. The summed E-state index contributed by atoms with van der Waals surface area (Å²) in [6.45, 7) is 5.94. The van der Waals surface area contributed by atoms with Crippen molar-refractivity contribution in [2.24, 2.45) is 0 Å². The fraction of sp³-hybridized carbons (Fsp3) is 0.500. The summed E-state index contributed by atoms with van der Waals surface area (Å²) in [6, 6.07) is 2.75. The van der Waals surface area contributed by atoms with Crippen molar-refractivity contribution in [3.63, 3.8) is 0 Å². The lowest BCUT2D eigenvalue weighted by Crippen LogP contribution is -2.29. The van der Waals surface area contributed by atoms with Gasteiger partial charge in [0.1, 0.15) is 5.82 Å². The zero-order valence-corrected chi connectivity index (χ0v) is 12.6. The first-order valence-electron chi connectivity index (χ1n) is 6.59. The predicted octanol–water partition coefficient (Wildman–Crippen LogP) is 2.08. The molecular weight excluding hydrogens is 306 g/mol. The van der Waals surface area contributed by atoms with Crippen LogP contribution in [0, 0.1) is 0 Å². The summed E-state index contributed by atoms with van der Waals surface area (Å²) < 4.78 is 0.978. The zero-order chi connectivity index (χ0) is 13.7. The van der Waals surface area contributed by atoms with Crippen molar-refractivity contribution in [2.45, 2.75) is 25.4 Å². The van der Waals surface area contributed by atoms with Crippen LogP contribution in [-0.4, -0.2) is 35.8 Å². The summed E-state index contributed by atoms with van der Waals surface area (Å²) in [5.41, 5.74) is 1.15. The van der Waals surface area contributed by atoms with Gasteiger partial charge < -0.3 is 15.3 Å². The number of rotatable bonds is 8. The first kappa shape index (κ1) is 14.5. The van der Waals surface area contributed by atoms with Crippen LogP contribution in [0.3, 0.4) is 0 Å². The van der Waals surface area contributed by atoms with Crippen LogP contribution >= 0.6 is 15.9 Å². The molecule has 19 heavy (non-hydrogen) atoms. The molecule has 1 saturated carbocycles. The van der Waals surface area contributed by atoms with E-state index in [0.29, 0.717) is 19.1 Å². The van der Waals surface area contributed by atoms with Gasteiger partial charge in [-0.2, -0.15) is 0 Å². The van der Waals surface area contributed by atoms with Crippen molar-refractivity contribution in [1.29, 1.82) is 0 Å². The molecule has 2 rings (SSSR count). The van der Waals surface area contributed by atoms with Gasteiger partial charge in [0.2, 0.25) is 0 Å². The Kier molecular flexibility index (Phi) is 5.36. The smallest absolute Gasteiger partial charge is 0.133 e. The van der Waals surface area contributed by atoms with E-state index in [1.807, 2.05) is 11.0 Å². The van der Waals surface area contributed by atoms with Crippen molar-refractivity contribution >= 4 is 21.7 Å². The molecule has 1 aliphatic rings. The van der Waals surface area contributed by atoms with Gasteiger partial charge >= 0.3 is 0 Å². The number of halogens is 1. The van der Waals surface area contributed by atoms with Crippen molar-refractivity contribution in [1.82, 2.24) is 10.3 Å². The Morgan fingerprint density at radius 1 is 1.58 bits per heavy atom. The van der Waals surface area contributed by atoms with Gasteiger partial charge in [0.05, 0.1) is 6.61 Å². The topological polar surface area (TPSA) is 48.4 Å². The van der Waals surface area contributed by atoms with E-state index in [9.17, 15) is 0 Å². The van der Waals surface area contributed by atoms with Crippen LogP contribution in [0.15, 0.2) is 29.4 Å². The van der Waals surface area contributed by atoms with Gasteiger partial charge in [0.15, 0.2) is 0 Å². The summed E-state index contributed by atoms with van der Waals surface area (Å²) in [5.74, 6) is 0.922. The summed E-state index contributed by atoms with van der Waals surface area (Å²) in [5, 5.41) is 12.7. The molecule has 104 valence electrons. The lowest BCUT2D eigenvalue weighted by Gasteiger charge is -2.24. The van der Waals surface area contributed by atoms with Gasteiger partial charge in [-0.3, -0.25) is 0 Å². The van der Waals surface area contributed by atoms with E-state index in [-0.39, 0.29) is 6.61 Å². The molecule has 0 aromatic carbocycles. The number of nitrogens with one attached hydrogen (secondary N) is 1. The van der Waals surface area contributed by atoms with Gasteiger partial charge in [-0.25, -0.2) is 4.98 Å². The molecule has 1 aliphatic carbocycles. The Hall–Kier alpha value is -0.910. The Morgan fingerprint density at radius 2 is 2.37 bits per heavy atom. The number of aliphatic hydroxyl groups excluding tert-OH is 1. The second-order valence-corrected chi connectivity index (χ2v) is 5.67. The van der Waals surface area contributed by atoms with Crippen molar-refractivity contribution in [2.75, 3.05) is 24.6 Å². The largest absolute Gasteiger partial charge is 0.395 e. The Labute approximate surface area is 122 Å². The summed E-state index contributed by atoms with van der Waals surface area (Å²) in [6.07, 6.45) is 6.16. The fourth-order valence-electron chi connectivity index (χ4n) is 1.99. The molecule has 2 N–H and O–H groups in total. The number of aromatic nitrogens is 1. The Morgan fingerprint density at radius 3 is 3.00 bits per heavy atom. The normalized spacial score (nSPS) is 14.4. The summed E-state index contributed by atoms with van der Waals surface area (Å²) in [7, 11) is 0. The Bertz CT molecular complexity index is 435. The summed E-state index contributed by atoms with van der Waals surface area (Å²) >= 11 is 3.47. The molecular formula is C14H20BrN3O. The molecule has 1 aromatic heterocycles. The number of pyridine rings is 1. The standard InChI is InChI=1S/C14H20BrN3O/c1-2-5-18(6-7-19)14-11(8-12(15)10-17-14)9-16-13-3-4-13/h2,8,10,13,16,19H,1,3-7,9H2. The third-order valence-electron chi connectivity index (χ3n) is 3.09. The maximum Gasteiger partial charge on any atom is 0.133 e. The first-order chi connectivity index (χ1) is 9.24. The average Bonchev–Trinajstić information content (AvgIpc) is 3.20. The van der Waals surface area contributed by atoms with Gasteiger partial charge in [-0.15, -0.1) is 6.58 Å². The van der Waals surface area contributed by atoms with Gasteiger partial charge in [0.25, 0.3) is 0 Å². The van der Waals surface area contributed by atoms with E-state index >= 15 is 0 Å². The molecule has 4 nitrogen and oxygen atoms in total. The van der Waals surface area contributed by atoms with Gasteiger partial charge in [-0.05, 0) is 34.8 Å². The SMILES string of the molecule is C=CCN(CCO)c1ncc(Br)cc1CNC1CC1. The van der Waals surface area contributed by atoms with Crippen LogP contribution in [0.1, 0.15) is 18.4 Å². The van der Waals surface area contributed by atoms with Crippen molar-refractivity contribution in [3.8, 4) is 0 Å². The molecule has 0 atom stereocenters. The predicted molar refractivity (Wildman–Crippen MR) is 81.3 cm³/mol. The first-order valence-corrected chi connectivity index (χ1v) is 7.38. The van der Waals surface area contributed by atoms with Crippen LogP contribution in [0.4, 0.5) is 5.82 Å². The summed E-state index contributed by atoms with van der Waals surface area (Å²) in [4.78, 5) is 6.54. The highest BCUT2D eigenvalue weighted by Crippen LogP contribution is 2.24. The molecule has 1 heterocycles. The molecule has 0 saturated heterocycles. The number of anilines is 1. The van der Waals surface area contributed by atoms with Crippen LogP contribution < -0.4 is 10.2 Å². The molecule has 0 radical (unpaired) electrons. The van der Waals surface area contributed by atoms with E-state index < -0.39 is 0 Å². The van der Waals surface area contributed by atoms with E-state index in [2.05, 4.69) is 38.9 Å². The van der Waals surface area contributed by atoms with Crippen molar-refractivity contribution < 1.29 is 5.11 Å². The molecule has 1 aromatic rings. The molecule has 5 heteroatoms. The minimum absolute atomic E-state index is 0.112. The molecule has 0 aliphatic heterocycles. The monoisotopic (exact) mass is 325 g/mol. The highest BCUT2D eigenvalue weighted by molar-refractivity contribution is 9.10. The van der Waals surface area contributed by atoms with Crippen LogP contribution in [0.5, 0.6) is 0 Å². The number of aliphatic hydroxyl groups is 1. The molecule has 0 unspecified atom stereocenters. The number of hydrogen-bond acceptors (Lipinski definition) is 4. The quantitative estimate of drug-likeness (QED) is 0.718. The van der Waals surface area contributed by atoms with E-state index in [4.69, 9.17) is 5.11 Å². The molecule has 1 fully saturated rings. The Balaban J connectivity index is 2.16. The third kappa shape index (κ3) is 4.30. The molecule has 0 bridgehead atoms. The third-order valence-corrected chi connectivity index (χ3v) is 3.52. The number of hydrogen-bond donors (Lipinski definition) is 2. The van der Waals surface area contributed by atoms with Gasteiger partial charge in [0, 0.05) is 41.9 Å². The van der Waals surface area contributed by atoms with E-state index in [1.54, 1.807) is 6.20 Å². The second kappa shape index (κ2) is 7.03. The van der Waals surface area contributed by atoms with E-state index in [1.165, 1.54) is 12.8 Å². The van der Waals surface area contributed by atoms with Crippen LogP contribution in [-0.2, 0) is 6.54 Å². The van der Waals surface area contributed by atoms with E-state index in [0.717, 1.165) is 22.4 Å². The fourth-order valence-corrected chi connectivity index (χ4v) is 2.37. The van der Waals surface area contributed by atoms with Gasteiger partial charge in [-0.1, -0.05) is 6.08 Å². The average molecular weight is 326 g/mol. The van der Waals surface area contributed by atoms with Crippen LogP contribution in [0.25, 0.3) is 0 Å². The minimum atomic E-state index is 0.112. The highest BCUT2D eigenvalue weighted by atomic mass is 79.9. The van der Waals surface area contributed by atoms with Crippen LogP contribution in [0.2, 0.25) is 0 Å². The molecule has 0 spiro atoms. The minimum Gasteiger partial charge on any atom is -0.395 e. The lowest BCUT2D eigenvalue weighted by atomic mass is 10.2. The van der Waals surface area contributed by atoms with Crippen molar-refractivity contribution in [3.05, 3.63) is 35.0 Å². The molecule has 0 amide bonds. The second-order valence-electron chi connectivity index (χ2n) is 4.75. The maximum atomic E-state index is 9.17. The number of nitrogens with zero attached hydrogens (tertiary/aromatic N) is 2. The maximum absolute atomic E-state index is 9.17.